The number of pyridine rings is 1. The summed E-state index contributed by atoms with van der Waals surface area (Å²) in [5.74, 6) is -0.616. The lowest BCUT2D eigenvalue weighted by molar-refractivity contribution is 0.573. The van der Waals surface area contributed by atoms with Crippen LogP contribution in [0.3, 0.4) is 0 Å². The van der Waals surface area contributed by atoms with E-state index in [0.717, 1.165) is 12.5 Å². The zero-order valence-electron chi connectivity index (χ0n) is 10.5. The summed E-state index contributed by atoms with van der Waals surface area (Å²) in [5, 5.41) is 5.63. The van der Waals surface area contributed by atoms with Gasteiger partial charge in [-0.25, -0.2) is 13.8 Å². The molecule has 0 aliphatic heterocycles. The largest absolute Gasteiger partial charge is 0.368 e. The lowest BCUT2D eigenvalue weighted by atomic mass is 10.1. The third-order valence-corrected chi connectivity index (χ3v) is 2.29. The Bertz CT molecular complexity index is 367. The van der Waals surface area contributed by atoms with E-state index in [2.05, 4.69) is 29.5 Å². The second kappa shape index (κ2) is 6.37. The number of aromatic nitrogens is 1. The van der Waals surface area contributed by atoms with Crippen molar-refractivity contribution in [2.45, 2.75) is 27.2 Å². The van der Waals surface area contributed by atoms with Gasteiger partial charge in [-0.2, -0.15) is 0 Å². The average Bonchev–Trinajstić information content (AvgIpc) is 2.24. The van der Waals surface area contributed by atoms with Gasteiger partial charge in [0.05, 0.1) is 0 Å². The van der Waals surface area contributed by atoms with Crippen molar-refractivity contribution >= 4 is 11.6 Å². The van der Waals surface area contributed by atoms with Gasteiger partial charge in [0.2, 0.25) is 0 Å². The van der Waals surface area contributed by atoms with Gasteiger partial charge < -0.3 is 10.6 Å². The van der Waals surface area contributed by atoms with E-state index in [9.17, 15) is 8.78 Å². The van der Waals surface area contributed by atoms with Crippen LogP contribution in [-0.4, -0.2) is 18.1 Å². The molecule has 0 amide bonds. The Balaban J connectivity index is 2.73. The number of rotatable bonds is 6. The Hall–Kier alpha value is -1.39. The minimum Gasteiger partial charge on any atom is -0.368 e. The summed E-state index contributed by atoms with van der Waals surface area (Å²) in [7, 11) is 0. The molecule has 0 fully saturated rings. The Kier molecular flexibility index (Phi) is 5.12. The number of hydrogen-bond acceptors (Lipinski definition) is 3. The van der Waals surface area contributed by atoms with Crippen LogP contribution in [0.25, 0.3) is 0 Å². The minimum absolute atomic E-state index is 0.0842. The van der Waals surface area contributed by atoms with Crippen LogP contribution in [0.2, 0.25) is 0 Å². The van der Waals surface area contributed by atoms with Crippen molar-refractivity contribution < 1.29 is 8.78 Å². The highest BCUT2D eigenvalue weighted by Gasteiger charge is 2.10. The Morgan fingerprint density at radius 3 is 2.29 bits per heavy atom. The molecule has 0 aromatic carbocycles. The standard InChI is InChI=1S/C12H19F2N3/c1-4-15-11-9(13)7-10(14)12(17-11)16-6-5-8(2)3/h7-8H,4-6H2,1-3H3,(H2,15,16,17). The number of hydrogen-bond donors (Lipinski definition) is 2. The lowest BCUT2D eigenvalue weighted by Crippen LogP contribution is -2.11. The molecule has 1 aromatic heterocycles. The van der Waals surface area contributed by atoms with Crippen LogP contribution in [0.15, 0.2) is 6.07 Å². The van der Waals surface area contributed by atoms with Crippen LogP contribution in [0, 0.1) is 17.6 Å². The molecule has 3 nitrogen and oxygen atoms in total. The summed E-state index contributed by atoms with van der Waals surface area (Å²) in [5.41, 5.74) is 0. The molecule has 0 aliphatic carbocycles. The summed E-state index contributed by atoms with van der Waals surface area (Å²) in [6.07, 6.45) is 0.912. The van der Waals surface area contributed by atoms with Crippen LogP contribution in [0.5, 0.6) is 0 Å². The molecule has 5 heteroatoms. The summed E-state index contributed by atoms with van der Waals surface area (Å²) in [4.78, 5) is 3.89. The second-order valence-corrected chi connectivity index (χ2v) is 4.29. The van der Waals surface area contributed by atoms with Crippen molar-refractivity contribution in [2.24, 2.45) is 5.92 Å². The molecule has 2 N–H and O–H groups in total. The SMILES string of the molecule is CCNc1nc(NCCC(C)C)c(F)cc1F. The molecule has 0 atom stereocenters. The molecule has 1 rings (SSSR count). The predicted octanol–water partition coefficient (Wildman–Crippen LogP) is 3.25. The molecule has 0 unspecified atom stereocenters. The maximum absolute atomic E-state index is 13.4. The van der Waals surface area contributed by atoms with Gasteiger partial charge in [0.15, 0.2) is 23.3 Å². The molecule has 0 radical (unpaired) electrons. The Labute approximate surface area is 101 Å². The molecular formula is C12H19F2N3. The number of nitrogens with one attached hydrogen (secondary N) is 2. The highest BCUT2D eigenvalue weighted by Crippen LogP contribution is 2.19. The fourth-order valence-electron chi connectivity index (χ4n) is 1.36. The third kappa shape index (κ3) is 4.17. The molecule has 0 spiro atoms. The number of nitrogens with zero attached hydrogens (tertiary/aromatic N) is 1. The van der Waals surface area contributed by atoms with Crippen molar-refractivity contribution in [2.75, 3.05) is 23.7 Å². The summed E-state index contributed by atoms with van der Waals surface area (Å²) >= 11 is 0. The van der Waals surface area contributed by atoms with Gasteiger partial charge in [0, 0.05) is 19.2 Å². The number of halogens is 2. The average molecular weight is 243 g/mol. The van der Waals surface area contributed by atoms with Gasteiger partial charge in [0.1, 0.15) is 0 Å². The summed E-state index contributed by atoms with van der Waals surface area (Å²) < 4.78 is 26.7. The van der Waals surface area contributed by atoms with Crippen molar-refractivity contribution in [3.63, 3.8) is 0 Å². The highest BCUT2D eigenvalue weighted by atomic mass is 19.1. The molecule has 1 aromatic rings. The van der Waals surface area contributed by atoms with E-state index < -0.39 is 11.6 Å². The monoisotopic (exact) mass is 243 g/mol. The van der Waals surface area contributed by atoms with Crippen LogP contribution >= 0.6 is 0 Å². The van der Waals surface area contributed by atoms with E-state index in [0.29, 0.717) is 19.0 Å². The molecular weight excluding hydrogens is 224 g/mol. The van der Waals surface area contributed by atoms with Crippen molar-refractivity contribution in [1.82, 2.24) is 4.98 Å². The normalized spacial score (nSPS) is 10.7. The van der Waals surface area contributed by atoms with E-state index in [1.165, 1.54) is 0 Å². The van der Waals surface area contributed by atoms with Crippen LogP contribution in [0.1, 0.15) is 27.2 Å². The molecule has 96 valence electrons. The molecule has 0 saturated carbocycles. The second-order valence-electron chi connectivity index (χ2n) is 4.29. The minimum atomic E-state index is -0.668. The lowest BCUT2D eigenvalue weighted by Gasteiger charge is -2.11. The van der Waals surface area contributed by atoms with Crippen LogP contribution in [-0.2, 0) is 0 Å². The van der Waals surface area contributed by atoms with E-state index in [1.54, 1.807) is 0 Å². The van der Waals surface area contributed by atoms with Gasteiger partial charge in [-0.15, -0.1) is 0 Å². The van der Waals surface area contributed by atoms with Crippen molar-refractivity contribution in [3.8, 4) is 0 Å². The third-order valence-electron chi connectivity index (χ3n) is 2.29. The topological polar surface area (TPSA) is 37.0 Å². The maximum atomic E-state index is 13.4. The Morgan fingerprint density at radius 1 is 1.18 bits per heavy atom. The van der Waals surface area contributed by atoms with Gasteiger partial charge in [-0.1, -0.05) is 13.8 Å². The first-order valence-electron chi connectivity index (χ1n) is 5.88. The molecule has 0 saturated heterocycles. The number of anilines is 2. The first-order valence-corrected chi connectivity index (χ1v) is 5.88. The summed E-state index contributed by atoms with van der Waals surface area (Å²) in [6.45, 7) is 7.16. The first-order chi connectivity index (χ1) is 8.04. The molecule has 1 heterocycles. The fourth-order valence-corrected chi connectivity index (χ4v) is 1.36. The van der Waals surface area contributed by atoms with Crippen LogP contribution < -0.4 is 10.6 Å². The zero-order valence-corrected chi connectivity index (χ0v) is 10.5. The van der Waals surface area contributed by atoms with Gasteiger partial charge >= 0.3 is 0 Å². The summed E-state index contributed by atoms with van der Waals surface area (Å²) in [6, 6.07) is 0.850. The molecule has 17 heavy (non-hydrogen) atoms. The fraction of sp³-hybridized carbons (Fsp3) is 0.583. The van der Waals surface area contributed by atoms with Gasteiger partial charge in [-0.3, -0.25) is 0 Å². The zero-order chi connectivity index (χ0) is 12.8. The van der Waals surface area contributed by atoms with Gasteiger partial charge in [-0.05, 0) is 19.3 Å². The smallest absolute Gasteiger partial charge is 0.168 e. The molecule has 0 bridgehead atoms. The van der Waals surface area contributed by atoms with Crippen LogP contribution in [0.4, 0.5) is 20.4 Å². The molecule has 0 aliphatic rings. The van der Waals surface area contributed by atoms with E-state index in [1.807, 2.05) is 6.92 Å². The van der Waals surface area contributed by atoms with E-state index in [-0.39, 0.29) is 11.6 Å². The first kappa shape index (κ1) is 13.7. The van der Waals surface area contributed by atoms with E-state index in [4.69, 9.17) is 0 Å². The Morgan fingerprint density at radius 2 is 1.76 bits per heavy atom. The van der Waals surface area contributed by atoms with Crippen molar-refractivity contribution in [3.05, 3.63) is 17.7 Å². The van der Waals surface area contributed by atoms with Crippen molar-refractivity contribution in [1.29, 1.82) is 0 Å². The van der Waals surface area contributed by atoms with Gasteiger partial charge in [0.25, 0.3) is 0 Å². The highest BCUT2D eigenvalue weighted by molar-refractivity contribution is 5.47. The van der Waals surface area contributed by atoms with E-state index >= 15 is 0 Å². The predicted molar refractivity (Wildman–Crippen MR) is 66.3 cm³/mol. The maximum Gasteiger partial charge on any atom is 0.168 e. The quantitative estimate of drug-likeness (QED) is 0.805.